The summed E-state index contributed by atoms with van der Waals surface area (Å²) in [4.78, 5) is 1.31. The molecule has 0 unspecified atom stereocenters. The molecule has 0 bridgehead atoms. The number of rotatable bonds is 2. The molecule has 0 aliphatic carbocycles. The first-order chi connectivity index (χ1) is 8.83. The summed E-state index contributed by atoms with van der Waals surface area (Å²) in [6.45, 7) is 0. The summed E-state index contributed by atoms with van der Waals surface area (Å²) in [6.07, 6.45) is 0. The Bertz CT molecular complexity index is 645. The van der Waals surface area contributed by atoms with Crippen LogP contribution in [0.15, 0.2) is 42.5 Å². The summed E-state index contributed by atoms with van der Waals surface area (Å²) in [5.74, 6) is 1.36. The Kier molecular flexibility index (Phi) is 2.41. The van der Waals surface area contributed by atoms with E-state index in [2.05, 4.69) is 25.6 Å². The molecule has 1 aromatic carbocycles. The molecule has 0 fully saturated rings. The summed E-state index contributed by atoms with van der Waals surface area (Å²) in [7, 11) is 0. The third-order valence-corrected chi connectivity index (χ3v) is 2.32. The SMILES string of the molecule is Nc1ccc(-n2nnc(-c3ccccc3)n2)nn1. The molecule has 88 valence electrons. The van der Waals surface area contributed by atoms with Crippen molar-refractivity contribution in [2.24, 2.45) is 0 Å². The van der Waals surface area contributed by atoms with Gasteiger partial charge in [0.2, 0.25) is 5.82 Å². The number of tetrazole rings is 1. The van der Waals surface area contributed by atoms with Crippen molar-refractivity contribution in [2.45, 2.75) is 0 Å². The fourth-order valence-corrected chi connectivity index (χ4v) is 1.46. The van der Waals surface area contributed by atoms with Crippen molar-refractivity contribution in [3.05, 3.63) is 42.5 Å². The van der Waals surface area contributed by atoms with Gasteiger partial charge in [0.25, 0.3) is 0 Å². The van der Waals surface area contributed by atoms with Gasteiger partial charge in [-0.3, -0.25) is 0 Å². The van der Waals surface area contributed by atoms with Crippen molar-refractivity contribution in [3.8, 4) is 17.2 Å². The van der Waals surface area contributed by atoms with Gasteiger partial charge in [-0.15, -0.1) is 25.2 Å². The smallest absolute Gasteiger partial charge is 0.205 e. The van der Waals surface area contributed by atoms with E-state index in [9.17, 15) is 0 Å². The maximum absolute atomic E-state index is 5.46. The fraction of sp³-hybridized carbons (Fsp3) is 0. The molecule has 0 spiro atoms. The second kappa shape index (κ2) is 4.21. The van der Waals surface area contributed by atoms with E-state index >= 15 is 0 Å². The minimum Gasteiger partial charge on any atom is -0.382 e. The van der Waals surface area contributed by atoms with Gasteiger partial charge in [0, 0.05) is 5.56 Å². The zero-order valence-corrected chi connectivity index (χ0v) is 9.30. The Morgan fingerprint density at radius 3 is 2.44 bits per heavy atom. The summed E-state index contributed by atoms with van der Waals surface area (Å²) < 4.78 is 0. The number of nitrogens with two attached hydrogens (primary N) is 1. The van der Waals surface area contributed by atoms with Crippen molar-refractivity contribution < 1.29 is 0 Å². The zero-order valence-electron chi connectivity index (χ0n) is 9.30. The van der Waals surface area contributed by atoms with Gasteiger partial charge >= 0.3 is 0 Å². The molecule has 7 heteroatoms. The third kappa shape index (κ3) is 1.88. The minimum atomic E-state index is 0.349. The molecule has 0 aliphatic heterocycles. The number of hydrogen-bond acceptors (Lipinski definition) is 6. The average molecular weight is 239 g/mol. The molecule has 0 saturated heterocycles. The average Bonchev–Trinajstić information content (AvgIpc) is 2.90. The number of hydrogen-bond donors (Lipinski definition) is 1. The van der Waals surface area contributed by atoms with Gasteiger partial charge in [0.15, 0.2) is 5.82 Å². The Hall–Kier alpha value is -2.83. The lowest BCUT2D eigenvalue weighted by atomic mass is 10.2. The molecule has 2 N–H and O–H groups in total. The van der Waals surface area contributed by atoms with Crippen LogP contribution in [0.1, 0.15) is 0 Å². The van der Waals surface area contributed by atoms with Crippen molar-refractivity contribution in [1.82, 2.24) is 30.4 Å². The van der Waals surface area contributed by atoms with Gasteiger partial charge < -0.3 is 5.73 Å². The molecule has 3 rings (SSSR count). The van der Waals surface area contributed by atoms with Crippen LogP contribution in [0.4, 0.5) is 5.82 Å². The molecule has 0 amide bonds. The molecule has 0 saturated carbocycles. The Labute approximate surface area is 102 Å². The summed E-state index contributed by atoms with van der Waals surface area (Å²) in [6, 6.07) is 12.9. The van der Waals surface area contributed by atoms with Gasteiger partial charge in [-0.25, -0.2) is 0 Å². The number of anilines is 1. The van der Waals surface area contributed by atoms with Crippen LogP contribution >= 0.6 is 0 Å². The molecule has 2 heterocycles. The van der Waals surface area contributed by atoms with Gasteiger partial charge in [-0.2, -0.15) is 0 Å². The van der Waals surface area contributed by atoms with E-state index in [0.29, 0.717) is 17.5 Å². The fourth-order valence-electron chi connectivity index (χ4n) is 1.46. The van der Waals surface area contributed by atoms with Crippen molar-refractivity contribution in [2.75, 3.05) is 5.73 Å². The molecule has 0 atom stereocenters. The van der Waals surface area contributed by atoms with Gasteiger partial charge in [-0.05, 0) is 17.3 Å². The highest BCUT2D eigenvalue weighted by Crippen LogP contribution is 2.12. The predicted octanol–water partition coefficient (Wildman–Crippen LogP) is 0.701. The highest BCUT2D eigenvalue weighted by Gasteiger charge is 2.07. The first kappa shape index (κ1) is 10.3. The number of nitrogens with zero attached hydrogens (tertiary/aromatic N) is 6. The standard InChI is InChI=1S/C11H9N7/c12-9-6-7-10(14-13-9)18-16-11(15-17-18)8-4-2-1-3-5-8/h1-7H,(H2,12,13). The van der Waals surface area contributed by atoms with Crippen molar-refractivity contribution in [1.29, 1.82) is 0 Å². The second-order valence-electron chi connectivity index (χ2n) is 3.58. The van der Waals surface area contributed by atoms with E-state index in [4.69, 9.17) is 5.73 Å². The van der Waals surface area contributed by atoms with Crippen LogP contribution in [0.5, 0.6) is 0 Å². The van der Waals surface area contributed by atoms with E-state index in [1.54, 1.807) is 12.1 Å². The normalized spacial score (nSPS) is 10.4. The van der Waals surface area contributed by atoms with Crippen LogP contribution in [0.2, 0.25) is 0 Å². The lowest BCUT2D eigenvalue weighted by molar-refractivity contribution is 0.688. The first-order valence-electron chi connectivity index (χ1n) is 5.28. The summed E-state index contributed by atoms with van der Waals surface area (Å²) in [5.41, 5.74) is 6.36. The topological polar surface area (TPSA) is 95.4 Å². The lowest BCUT2D eigenvalue weighted by Crippen LogP contribution is -2.04. The van der Waals surface area contributed by atoms with Crippen LogP contribution in [-0.2, 0) is 0 Å². The van der Waals surface area contributed by atoms with E-state index in [1.165, 1.54) is 4.80 Å². The summed E-state index contributed by atoms with van der Waals surface area (Å²) in [5, 5.41) is 19.7. The maximum atomic E-state index is 5.46. The molecule has 0 radical (unpaired) electrons. The number of nitrogen functional groups attached to an aromatic ring is 1. The van der Waals surface area contributed by atoms with Gasteiger partial charge in [-0.1, -0.05) is 30.3 Å². The summed E-state index contributed by atoms with van der Waals surface area (Å²) >= 11 is 0. The van der Waals surface area contributed by atoms with E-state index in [-0.39, 0.29) is 0 Å². The Balaban J connectivity index is 1.97. The highest BCUT2D eigenvalue weighted by molar-refractivity contribution is 5.53. The first-order valence-corrected chi connectivity index (χ1v) is 5.28. The molecule has 0 aliphatic rings. The molecule has 7 nitrogen and oxygen atoms in total. The quantitative estimate of drug-likeness (QED) is 0.707. The monoisotopic (exact) mass is 239 g/mol. The van der Waals surface area contributed by atoms with E-state index < -0.39 is 0 Å². The van der Waals surface area contributed by atoms with Gasteiger partial charge in [0.05, 0.1) is 0 Å². The highest BCUT2D eigenvalue weighted by atomic mass is 15.6. The van der Waals surface area contributed by atoms with E-state index in [1.807, 2.05) is 30.3 Å². The number of aromatic nitrogens is 6. The Morgan fingerprint density at radius 2 is 1.72 bits per heavy atom. The molecular weight excluding hydrogens is 230 g/mol. The Morgan fingerprint density at radius 1 is 0.889 bits per heavy atom. The van der Waals surface area contributed by atoms with Crippen LogP contribution in [0.25, 0.3) is 17.2 Å². The third-order valence-electron chi connectivity index (χ3n) is 2.32. The molecule has 18 heavy (non-hydrogen) atoms. The van der Waals surface area contributed by atoms with Crippen molar-refractivity contribution in [3.63, 3.8) is 0 Å². The lowest BCUT2D eigenvalue weighted by Gasteiger charge is -1.95. The van der Waals surface area contributed by atoms with Crippen molar-refractivity contribution >= 4 is 5.82 Å². The number of benzene rings is 1. The zero-order chi connectivity index (χ0) is 12.4. The van der Waals surface area contributed by atoms with Crippen LogP contribution in [-0.4, -0.2) is 30.4 Å². The largest absolute Gasteiger partial charge is 0.382 e. The van der Waals surface area contributed by atoms with Gasteiger partial charge in [0.1, 0.15) is 5.82 Å². The molecular formula is C11H9N7. The van der Waals surface area contributed by atoms with Crippen LogP contribution in [0, 0.1) is 0 Å². The molecule has 3 aromatic rings. The predicted molar refractivity (Wildman–Crippen MR) is 64.6 cm³/mol. The van der Waals surface area contributed by atoms with Crippen LogP contribution < -0.4 is 5.73 Å². The minimum absolute atomic E-state index is 0.349. The second-order valence-corrected chi connectivity index (χ2v) is 3.58. The molecule has 2 aromatic heterocycles. The maximum Gasteiger partial charge on any atom is 0.205 e. The van der Waals surface area contributed by atoms with Crippen LogP contribution in [0.3, 0.4) is 0 Å². The van der Waals surface area contributed by atoms with E-state index in [0.717, 1.165) is 5.56 Å².